The van der Waals surface area contributed by atoms with Gasteiger partial charge in [0.2, 0.25) is 0 Å². The Balaban J connectivity index is 2.26. The van der Waals surface area contributed by atoms with Gasteiger partial charge < -0.3 is 10.1 Å². The molecule has 0 amide bonds. The van der Waals surface area contributed by atoms with Crippen molar-refractivity contribution in [3.8, 4) is 0 Å². The summed E-state index contributed by atoms with van der Waals surface area (Å²) in [4.78, 5) is 0. The molecule has 96 valence electrons. The molecular weight excluding hydrogens is 198 g/mol. The third kappa shape index (κ3) is 3.46. The molecule has 0 aromatic heterocycles. The van der Waals surface area contributed by atoms with Gasteiger partial charge in [-0.3, -0.25) is 0 Å². The molecule has 0 aromatic rings. The van der Waals surface area contributed by atoms with E-state index in [2.05, 4.69) is 46.9 Å². The topological polar surface area (TPSA) is 21.3 Å². The lowest BCUT2D eigenvalue weighted by atomic mass is 9.64. The van der Waals surface area contributed by atoms with Gasteiger partial charge in [0, 0.05) is 18.1 Å². The second-order valence-electron chi connectivity index (χ2n) is 6.82. The molecule has 1 N–H and O–H groups in total. The summed E-state index contributed by atoms with van der Waals surface area (Å²) in [6.07, 6.45) is 2.86. The summed E-state index contributed by atoms with van der Waals surface area (Å²) >= 11 is 0. The summed E-state index contributed by atoms with van der Waals surface area (Å²) in [6, 6.07) is 0.631. The molecule has 1 aliphatic carbocycles. The Kier molecular flexibility index (Phi) is 4.42. The van der Waals surface area contributed by atoms with Gasteiger partial charge in [-0.15, -0.1) is 0 Å². The van der Waals surface area contributed by atoms with Crippen LogP contribution in [0.2, 0.25) is 0 Å². The Morgan fingerprint density at radius 1 is 1.31 bits per heavy atom. The molecule has 0 radical (unpaired) electrons. The van der Waals surface area contributed by atoms with Crippen LogP contribution in [-0.2, 0) is 4.74 Å². The minimum Gasteiger partial charge on any atom is -0.378 e. The first kappa shape index (κ1) is 14.0. The lowest BCUT2D eigenvalue weighted by molar-refractivity contribution is -0.114. The van der Waals surface area contributed by atoms with E-state index in [4.69, 9.17) is 4.74 Å². The van der Waals surface area contributed by atoms with Crippen LogP contribution in [0.4, 0.5) is 0 Å². The van der Waals surface area contributed by atoms with Crippen LogP contribution in [-0.4, -0.2) is 25.3 Å². The van der Waals surface area contributed by atoms with Crippen LogP contribution in [0.5, 0.6) is 0 Å². The average molecular weight is 227 g/mol. The predicted octanol–water partition coefficient (Wildman–Crippen LogP) is 3.22. The second-order valence-corrected chi connectivity index (χ2v) is 6.82. The smallest absolute Gasteiger partial charge is 0.0655 e. The van der Waals surface area contributed by atoms with Crippen molar-refractivity contribution in [1.82, 2.24) is 5.32 Å². The summed E-state index contributed by atoms with van der Waals surface area (Å²) < 4.78 is 5.73. The molecule has 0 aromatic carbocycles. The van der Waals surface area contributed by atoms with Gasteiger partial charge in [-0.05, 0) is 31.7 Å². The fourth-order valence-electron chi connectivity index (χ4n) is 2.34. The zero-order chi connectivity index (χ0) is 12.4. The third-order valence-corrected chi connectivity index (χ3v) is 3.81. The molecule has 1 fully saturated rings. The molecule has 0 bridgehead atoms. The molecule has 2 heteroatoms. The number of hydrogen-bond donors (Lipinski definition) is 1. The molecule has 2 atom stereocenters. The SMILES string of the molecule is CCOC1CC(NCCC(C)(C)C)C1(C)C. The fraction of sp³-hybridized carbons (Fsp3) is 1.00. The van der Waals surface area contributed by atoms with Crippen molar-refractivity contribution >= 4 is 0 Å². The van der Waals surface area contributed by atoms with Crippen LogP contribution in [0.25, 0.3) is 0 Å². The van der Waals surface area contributed by atoms with Crippen molar-refractivity contribution < 1.29 is 4.74 Å². The minimum absolute atomic E-state index is 0.299. The van der Waals surface area contributed by atoms with Crippen LogP contribution in [0.15, 0.2) is 0 Å². The minimum atomic E-state index is 0.299. The van der Waals surface area contributed by atoms with Crippen LogP contribution in [0.3, 0.4) is 0 Å². The van der Waals surface area contributed by atoms with Crippen molar-refractivity contribution in [2.75, 3.05) is 13.2 Å². The monoisotopic (exact) mass is 227 g/mol. The summed E-state index contributed by atoms with van der Waals surface area (Å²) in [5, 5.41) is 3.67. The first-order valence-electron chi connectivity index (χ1n) is 6.62. The molecular formula is C14H29NO. The summed E-state index contributed by atoms with van der Waals surface area (Å²) in [5.74, 6) is 0. The van der Waals surface area contributed by atoms with Gasteiger partial charge in [0.25, 0.3) is 0 Å². The molecule has 1 rings (SSSR count). The second kappa shape index (κ2) is 5.05. The van der Waals surface area contributed by atoms with Crippen LogP contribution < -0.4 is 5.32 Å². The van der Waals surface area contributed by atoms with Crippen molar-refractivity contribution in [2.45, 2.75) is 66.5 Å². The van der Waals surface area contributed by atoms with Gasteiger partial charge in [0.05, 0.1) is 6.10 Å². The van der Waals surface area contributed by atoms with E-state index in [9.17, 15) is 0 Å². The number of hydrogen-bond acceptors (Lipinski definition) is 2. The normalized spacial score (nSPS) is 28.9. The maximum atomic E-state index is 5.73. The summed E-state index contributed by atoms with van der Waals surface area (Å²) in [6.45, 7) is 15.5. The highest BCUT2D eigenvalue weighted by molar-refractivity contribution is 5.02. The molecule has 2 nitrogen and oxygen atoms in total. The fourth-order valence-corrected chi connectivity index (χ4v) is 2.34. The van der Waals surface area contributed by atoms with Crippen molar-refractivity contribution in [1.29, 1.82) is 0 Å². The van der Waals surface area contributed by atoms with E-state index in [1.165, 1.54) is 12.8 Å². The van der Waals surface area contributed by atoms with E-state index in [-0.39, 0.29) is 0 Å². The largest absolute Gasteiger partial charge is 0.378 e. The van der Waals surface area contributed by atoms with Crippen molar-refractivity contribution in [3.63, 3.8) is 0 Å². The maximum Gasteiger partial charge on any atom is 0.0655 e. The van der Waals surface area contributed by atoms with Crippen molar-refractivity contribution in [2.24, 2.45) is 10.8 Å². The third-order valence-electron chi connectivity index (χ3n) is 3.81. The highest BCUT2D eigenvalue weighted by Gasteiger charge is 2.48. The van der Waals surface area contributed by atoms with Gasteiger partial charge in [0.1, 0.15) is 0 Å². The van der Waals surface area contributed by atoms with Crippen LogP contribution in [0.1, 0.15) is 54.4 Å². The zero-order valence-corrected chi connectivity index (χ0v) is 11.9. The van der Waals surface area contributed by atoms with Gasteiger partial charge >= 0.3 is 0 Å². The van der Waals surface area contributed by atoms with E-state index < -0.39 is 0 Å². The summed E-state index contributed by atoms with van der Waals surface area (Å²) in [5.41, 5.74) is 0.730. The molecule has 1 saturated carbocycles. The summed E-state index contributed by atoms with van der Waals surface area (Å²) in [7, 11) is 0. The predicted molar refractivity (Wildman–Crippen MR) is 69.7 cm³/mol. The first-order chi connectivity index (χ1) is 7.27. The van der Waals surface area contributed by atoms with Gasteiger partial charge in [-0.1, -0.05) is 34.6 Å². The van der Waals surface area contributed by atoms with Gasteiger partial charge in [0.15, 0.2) is 0 Å². The van der Waals surface area contributed by atoms with E-state index in [0.717, 1.165) is 13.2 Å². The van der Waals surface area contributed by atoms with E-state index in [0.29, 0.717) is 23.0 Å². The molecule has 2 unspecified atom stereocenters. The Morgan fingerprint density at radius 2 is 1.94 bits per heavy atom. The van der Waals surface area contributed by atoms with Crippen LogP contribution >= 0.6 is 0 Å². The van der Waals surface area contributed by atoms with E-state index >= 15 is 0 Å². The standard InChI is InChI=1S/C14H29NO/c1-7-16-12-10-11(14(12,5)6)15-9-8-13(2,3)4/h11-12,15H,7-10H2,1-6H3. The molecule has 0 saturated heterocycles. The van der Waals surface area contributed by atoms with E-state index in [1.807, 2.05) is 0 Å². The highest BCUT2D eigenvalue weighted by Crippen LogP contribution is 2.42. The number of rotatable bonds is 5. The lowest BCUT2D eigenvalue weighted by Crippen LogP contribution is -2.61. The molecule has 0 heterocycles. The molecule has 0 aliphatic heterocycles. The average Bonchev–Trinajstić information content (AvgIpc) is 2.13. The zero-order valence-electron chi connectivity index (χ0n) is 11.9. The molecule has 1 aliphatic rings. The lowest BCUT2D eigenvalue weighted by Gasteiger charge is -2.52. The molecule has 0 spiro atoms. The first-order valence-corrected chi connectivity index (χ1v) is 6.62. The van der Waals surface area contributed by atoms with E-state index in [1.54, 1.807) is 0 Å². The maximum absolute atomic E-state index is 5.73. The molecule has 16 heavy (non-hydrogen) atoms. The Labute approximate surface area is 101 Å². The Hall–Kier alpha value is -0.0800. The Bertz CT molecular complexity index is 217. The quantitative estimate of drug-likeness (QED) is 0.778. The Morgan fingerprint density at radius 3 is 2.38 bits per heavy atom. The van der Waals surface area contributed by atoms with Gasteiger partial charge in [-0.2, -0.15) is 0 Å². The van der Waals surface area contributed by atoms with Crippen LogP contribution in [0, 0.1) is 10.8 Å². The number of ether oxygens (including phenoxy) is 1. The van der Waals surface area contributed by atoms with Crippen molar-refractivity contribution in [3.05, 3.63) is 0 Å². The van der Waals surface area contributed by atoms with Gasteiger partial charge in [-0.25, -0.2) is 0 Å². The number of nitrogens with one attached hydrogen (secondary N) is 1. The highest BCUT2D eigenvalue weighted by atomic mass is 16.5.